The van der Waals surface area contributed by atoms with Crippen LogP contribution in [0.4, 0.5) is 20.6 Å². The first-order chi connectivity index (χ1) is 17.8. The summed E-state index contributed by atoms with van der Waals surface area (Å²) in [7, 11) is 3.29. The highest BCUT2D eigenvalue weighted by molar-refractivity contribution is 6.02. The molecular formula is C26H31FN4O6. The van der Waals surface area contributed by atoms with Crippen LogP contribution >= 0.6 is 0 Å². The number of amides is 4. The first-order valence-electron chi connectivity index (χ1n) is 12.1. The summed E-state index contributed by atoms with van der Waals surface area (Å²) < 4.78 is 30.5. The van der Waals surface area contributed by atoms with E-state index in [1.54, 1.807) is 43.3 Å². The molecule has 0 aromatic heterocycles. The second-order valence-electron chi connectivity index (χ2n) is 9.02. The Morgan fingerprint density at radius 3 is 2.68 bits per heavy atom. The van der Waals surface area contributed by atoms with Crippen LogP contribution in [0, 0.1) is 5.82 Å². The number of anilines is 2. The molecule has 4 rings (SSSR count). The third-order valence-corrected chi connectivity index (χ3v) is 6.39. The van der Waals surface area contributed by atoms with E-state index in [1.165, 1.54) is 18.2 Å². The number of halogens is 1. The molecule has 4 amide bonds. The Kier molecular flexibility index (Phi) is 8.57. The number of nitrogens with zero attached hydrogens (tertiary/aromatic N) is 1. The van der Waals surface area contributed by atoms with Crippen LogP contribution in [0.25, 0.3) is 0 Å². The van der Waals surface area contributed by atoms with E-state index >= 15 is 0 Å². The van der Waals surface area contributed by atoms with Gasteiger partial charge in [0.2, 0.25) is 5.91 Å². The number of carbonyl (C=O) groups is 3. The molecule has 0 aliphatic carbocycles. The number of nitrogens with one attached hydrogen (secondary N) is 3. The molecule has 1 fully saturated rings. The molecule has 0 unspecified atom stereocenters. The molecule has 2 aromatic carbocycles. The van der Waals surface area contributed by atoms with Crippen molar-refractivity contribution in [2.45, 2.75) is 37.5 Å². The maximum absolute atomic E-state index is 13.4. The third-order valence-electron chi connectivity index (χ3n) is 6.39. The van der Waals surface area contributed by atoms with Crippen LogP contribution in [-0.2, 0) is 14.3 Å². The number of likely N-dealkylation sites (N-methyl/N-ethyl adjacent to an activating group) is 1. The van der Waals surface area contributed by atoms with Crippen LogP contribution < -0.4 is 20.7 Å². The highest BCUT2D eigenvalue weighted by atomic mass is 19.1. The lowest BCUT2D eigenvalue weighted by Gasteiger charge is -2.42. The van der Waals surface area contributed by atoms with Crippen molar-refractivity contribution in [3.63, 3.8) is 0 Å². The zero-order chi connectivity index (χ0) is 26.4. The molecule has 0 bridgehead atoms. The van der Waals surface area contributed by atoms with Crippen molar-refractivity contribution < 1.29 is 33.0 Å². The van der Waals surface area contributed by atoms with Gasteiger partial charge in [-0.3, -0.25) is 9.59 Å². The molecule has 0 radical (unpaired) electrons. The van der Waals surface area contributed by atoms with Crippen LogP contribution in [-0.4, -0.2) is 74.9 Å². The fourth-order valence-electron chi connectivity index (χ4n) is 4.54. The van der Waals surface area contributed by atoms with E-state index in [-0.39, 0.29) is 43.1 Å². The summed E-state index contributed by atoms with van der Waals surface area (Å²) in [5.74, 6) is -0.470. The topological polar surface area (TPSA) is 118 Å². The van der Waals surface area contributed by atoms with Gasteiger partial charge in [-0.05, 0) is 49.2 Å². The lowest BCUT2D eigenvalue weighted by Crippen LogP contribution is -2.54. The molecule has 3 atom stereocenters. The minimum Gasteiger partial charge on any atom is -0.490 e. The number of hydrogen-bond acceptors (Lipinski definition) is 6. The first kappa shape index (κ1) is 26.4. The van der Waals surface area contributed by atoms with Crippen molar-refractivity contribution in [1.82, 2.24) is 10.2 Å². The molecule has 2 aliphatic rings. The summed E-state index contributed by atoms with van der Waals surface area (Å²) in [4.78, 5) is 39.6. The zero-order valence-electron chi connectivity index (χ0n) is 20.8. The quantitative estimate of drug-likeness (QED) is 0.489. The van der Waals surface area contributed by atoms with Gasteiger partial charge >= 0.3 is 6.03 Å². The summed E-state index contributed by atoms with van der Waals surface area (Å²) in [5.41, 5.74) is 0.996. The second kappa shape index (κ2) is 12.0. The smallest absolute Gasteiger partial charge is 0.323 e. The van der Waals surface area contributed by atoms with E-state index in [4.69, 9.17) is 14.2 Å². The van der Waals surface area contributed by atoms with Crippen LogP contribution in [0.5, 0.6) is 5.75 Å². The lowest BCUT2D eigenvalue weighted by molar-refractivity contribution is -0.134. The standard InChI is InChI=1S/C26H31FN4O6/c1-31-21-8-7-19(14-24(32)28-10-11-35-2)37-23(21)15-36-22-9-6-18(13-20(22)25(31)33)30-26(34)29-17-5-3-4-16(27)12-17/h3-6,9,12-13,19,21,23H,7-8,10-11,14-15H2,1-2H3,(H,28,32)(H2,29,30,34)/t19-,21-,23+/m0/s1. The summed E-state index contributed by atoms with van der Waals surface area (Å²) in [5, 5.41) is 8.01. The van der Waals surface area contributed by atoms with Crippen LogP contribution in [0.3, 0.4) is 0 Å². The van der Waals surface area contributed by atoms with E-state index in [2.05, 4.69) is 16.0 Å². The minimum absolute atomic E-state index is 0.108. The third kappa shape index (κ3) is 6.75. The van der Waals surface area contributed by atoms with Crippen molar-refractivity contribution >= 4 is 29.2 Å². The number of methoxy groups -OCH3 is 1. The van der Waals surface area contributed by atoms with Crippen LogP contribution in [0.1, 0.15) is 29.6 Å². The predicted octanol–water partition coefficient (Wildman–Crippen LogP) is 3.00. The number of hydrogen-bond donors (Lipinski definition) is 3. The predicted molar refractivity (Wildman–Crippen MR) is 134 cm³/mol. The van der Waals surface area contributed by atoms with Crippen molar-refractivity contribution in [1.29, 1.82) is 0 Å². The van der Waals surface area contributed by atoms with Crippen LogP contribution in [0.2, 0.25) is 0 Å². The molecule has 2 aromatic rings. The number of rotatable bonds is 7. The van der Waals surface area contributed by atoms with E-state index in [0.717, 1.165) is 0 Å². The molecule has 10 nitrogen and oxygen atoms in total. The number of urea groups is 1. The molecule has 1 saturated heterocycles. The Hall–Kier alpha value is -3.70. The Morgan fingerprint density at radius 2 is 1.92 bits per heavy atom. The Balaban J connectivity index is 1.40. The van der Waals surface area contributed by atoms with Gasteiger partial charge in [0, 0.05) is 32.1 Å². The Morgan fingerprint density at radius 1 is 1.14 bits per heavy atom. The second-order valence-corrected chi connectivity index (χ2v) is 9.02. The lowest BCUT2D eigenvalue weighted by atomic mass is 9.94. The van der Waals surface area contributed by atoms with Crippen molar-refractivity contribution in [2.24, 2.45) is 0 Å². The van der Waals surface area contributed by atoms with Gasteiger partial charge in [0.25, 0.3) is 5.91 Å². The molecule has 0 spiro atoms. The number of ether oxygens (including phenoxy) is 3. The van der Waals surface area contributed by atoms with Crippen molar-refractivity contribution in [3.8, 4) is 5.75 Å². The summed E-state index contributed by atoms with van der Waals surface area (Å²) in [6, 6.07) is 9.53. The summed E-state index contributed by atoms with van der Waals surface area (Å²) in [6.07, 6.45) is 0.870. The molecule has 37 heavy (non-hydrogen) atoms. The molecule has 2 heterocycles. The minimum atomic E-state index is -0.573. The number of benzene rings is 2. The van der Waals surface area contributed by atoms with Gasteiger partial charge in [0.1, 0.15) is 24.3 Å². The van der Waals surface area contributed by atoms with Gasteiger partial charge in [0.15, 0.2) is 0 Å². The average Bonchev–Trinajstić information content (AvgIpc) is 2.86. The fraction of sp³-hybridized carbons (Fsp3) is 0.423. The van der Waals surface area contributed by atoms with E-state index < -0.39 is 11.8 Å². The van der Waals surface area contributed by atoms with Gasteiger partial charge in [-0.1, -0.05) is 6.07 Å². The largest absolute Gasteiger partial charge is 0.490 e. The molecule has 2 aliphatic heterocycles. The van der Waals surface area contributed by atoms with E-state index in [1.807, 2.05) is 0 Å². The van der Waals surface area contributed by atoms with Crippen molar-refractivity contribution in [3.05, 3.63) is 53.8 Å². The Bertz CT molecular complexity index is 1150. The van der Waals surface area contributed by atoms with Crippen LogP contribution in [0.15, 0.2) is 42.5 Å². The Labute approximate surface area is 214 Å². The average molecular weight is 515 g/mol. The summed E-state index contributed by atoms with van der Waals surface area (Å²) in [6.45, 7) is 1.09. The highest BCUT2D eigenvalue weighted by Crippen LogP contribution is 2.32. The van der Waals surface area contributed by atoms with Crippen molar-refractivity contribution in [2.75, 3.05) is 44.5 Å². The normalized spacial score (nSPS) is 21.0. The molecule has 11 heteroatoms. The number of fused-ring (bicyclic) bond motifs is 2. The first-order valence-corrected chi connectivity index (χ1v) is 12.1. The molecular weight excluding hydrogens is 483 g/mol. The highest BCUT2D eigenvalue weighted by Gasteiger charge is 2.39. The van der Waals surface area contributed by atoms with Gasteiger partial charge < -0.3 is 35.1 Å². The fourth-order valence-corrected chi connectivity index (χ4v) is 4.54. The molecule has 3 N–H and O–H groups in total. The molecule has 0 saturated carbocycles. The zero-order valence-corrected chi connectivity index (χ0v) is 20.8. The van der Waals surface area contributed by atoms with E-state index in [9.17, 15) is 18.8 Å². The SMILES string of the molecule is COCCNC(=O)C[C@@H]1CC[C@H]2[C@@H](COc3ccc(NC(=O)Nc4cccc(F)c4)cc3C(=O)N2C)O1. The maximum Gasteiger partial charge on any atom is 0.323 e. The van der Waals surface area contributed by atoms with Gasteiger partial charge in [-0.25, -0.2) is 9.18 Å². The molecule has 198 valence electrons. The summed E-state index contributed by atoms with van der Waals surface area (Å²) >= 11 is 0. The van der Waals surface area contributed by atoms with Gasteiger partial charge in [-0.2, -0.15) is 0 Å². The monoisotopic (exact) mass is 514 g/mol. The van der Waals surface area contributed by atoms with E-state index in [0.29, 0.717) is 48.7 Å². The number of carbonyl (C=O) groups excluding carboxylic acids is 3. The van der Waals surface area contributed by atoms with Gasteiger partial charge in [0.05, 0.1) is 30.7 Å². The van der Waals surface area contributed by atoms with Gasteiger partial charge in [-0.15, -0.1) is 0 Å². The maximum atomic E-state index is 13.4.